The van der Waals surface area contributed by atoms with E-state index >= 15 is 0 Å². The lowest BCUT2D eigenvalue weighted by Crippen LogP contribution is -2.11. The zero-order valence-corrected chi connectivity index (χ0v) is 6.34. The number of hydrogen-bond acceptors (Lipinski definition) is 3. The van der Waals surface area contributed by atoms with Crippen LogP contribution in [0.15, 0.2) is 0 Å². The predicted molar refractivity (Wildman–Crippen MR) is 40.7 cm³/mol. The van der Waals surface area contributed by atoms with E-state index in [1.807, 2.05) is 6.92 Å². The first-order valence-corrected chi connectivity index (χ1v) is 3.30. The molecular weight excluding hydrogens is 132 g/mol. The Morgan fingerprint density at radius 3 is 1.80 bits per heavy atom. The third-order valence-corrected chi connectivity index (χ3v) is 0.631. The van der Waals surface area contributed by atoms with Crippen molar-refractivity contribution in [2.24, 2.45) is 11.5 Å². The normalized spacial score (nSPS) is 7.90. The fourth-order valence-corrected chi connectivity index (χ4v) is 0.214. The van der Waals surface area contributed by atoms with Gasteiger partial charge in [0.1, 0.15) is 0 Å². The number of hydrogen-bond donors (Lipinski definition) is 3. The molecule has 0 amide bonds. The van der Waals surface area contributed by atoms with Crippen LogP contribution in [0.3, 0.4) is 0 Å². The minimum atomic E-state index is -0.711. The van der Waals surface area contributed by atoms with Gasteiger partial charge in [-0.05, 0) is 6.42 Å². The lowest BCUT2D eigenvalue weighted by Gasteiger charge is -1.79. The zero-order chi connectivity index (χ0) is 8.41. The summed E-state index contributed by atoms with van der Waals surface area (Å²) in [5, 5.41) is 7.91. The quantitative estimate of drug-likeness (QED) is 0.516. The Bertz CT molecular complexity index is 74.1. The molecule has 0 unspecified atom stereocenters. The highest BCUT2D eigenvalue weighted by molar-refractivity contribution is 5.66. The second-order valence-electron chi connectivity index (χ2n) is 1.72. The maximum Gasteiger partial charge on any atom is 0.303 e. The molecule has 4 heteroatoms. The Morgan fingerprint density at radius 1 is 1.40 bits per heavy atom. The van der Waals surface area contributed by atoms with Crippen molar-refractivity contribution in [3.8, 4) is 0 Å². The van der Waals surface area contributed by atoms with Crippen LogP contribution in [0.1, 0.15) is 19.8 Å². The van der Waals surface area contributed by atoms with Crippen molar-refractivity contribution in [2.75, 3.05) is 13.1 Å². The monoisotopic (exact) mass is 148 g/mol. The molecule has 0 aromatic rings. The van der Waals surface area contributed by atoms with Crippen LogP contribution >= 0.6 is 0 Å². The van der Waals surface area contributed by atoms with Crippen LogP contribution in [-0.2, 0) is 4.79 Å². The summed E-state index contributed by atoms with van der Waals surface area (Å²) in [5.41, 5.74) is 9.81. The SMILES string of the molecule is CCCC(=O)O.NCCN. The van der Waals surface area contributed by atoms with Gasteiger partial charge in [0.25, 0.3) is 0 Å². The second-order valence-corrected chi connectivity index (χ2v) is 1.72. The number of carboxylic acid groups (broad SMARTS) is 1. The third-order valence-electron chi connectivity index (χ3n) is 0.631. The summed E-state index contributed by atoms with van der Waals surface area (Å²) < 4.78 is 0. The minimum Gasteiger partial charge on any atom is -0.481 e. The molecule has 0 atom stereocenters. The van der Waals surface area contributed by atoms with Gasteiger partial charge in [-0.2, -0.15) is 0 Å². The van der Waals surface area contributed by atoms with Gasteiger partial charge >= 0.3 is 5.97 Å². The van der Waals surface area contributed by atoms with E-state index in [4.69, 9.17) is 16.6 Å². The molecule has 5 N–H and O–H groups in total. The average Bonchev–Trinajstić information content (AvgIpc) is 1.89. The van der Waals surface area contributed by atoms with Crippen LogP contribution in [0.5, 0.6) is 0 Å². The molecule has 0 aliphatic heterocycles. The molecule has 4 nitrogen and oxygen atoms in total. The van der Waals surface area contributed by atoms with Crippen molar-refractivity contribution in [2.45, 2.75) is 19.8 Å². The fraction of sp³-hybridized carbons (Fsp3) is 0.833. The Labute approximate surface area is 61.2 Å². The van der Waals surface area contributed by atoms with Gasteiger partial charge in [-0.25, -0.2) is 0 Å². The maximum atomic E-state index is 9.60. The largest absolute Gasteiger partial charge is 0.481 e. The van der Waals surface area contributed by atoms with Crippen molar-refractivity contribution in [1.82, 2.24) is 0 Å². The van der Waals surface area contributed by atoms with E-state index in [0.29, 0.717) is 19.5 Å². The van der Waals surface area contributed by atoms with Gasteiger partial charge < -0.3 is 16.6 Å². The first kappa shape index (κ1) is 12.1. The van der Waals surface area contributed by atoms with Crippen LogP contribution in [0.4, 0.5) is 0 Å². The van der Waals surface area contributed by atoms with E-state index in [9.17, 15) is 4.79 Å². The summed E-state index contributed by atoms with van der Waals surface area (Å²) in [4.78, 5) is 9.60. The summed E-state index contributed by atoms with van der Waals surface area (Å²) >= 11 is 0. The van der Waals surface area contributed by atoms with Gasteiger partial charge in [0, 0.05) is 19.5 Å². The Hall–Kier alpha value is -0.610. The van der Waals surface area contributed by atoms with Gasteiger partial charge in [0.2, 0.25) is 0 Å². The average molecular weight is 148 g/mol. The van der Waals surface area contributed by atoms with E-state index in [0.717, 1.165) is 6.42 Å². The van der Waals surface area contributed by atoms with Gasteiger partial charge in [0.15, 0.2) is 0 Å². The van der Waals surface area contributed by atoms with Gasteiger partial charge in [-0.15, -0.1) is 0 Å². The highest BCUT2D eigenvalue weighted by Crippen LogP contribution is 1.82. The van der Waals surface area contributed by atoms with Crippen molar-refractivity contribution in [3.63, 3.8) is 0 Å². The highest BCUT2D eigenvalue weighted by Gasteiger charge is 1.87. The summed E-state index contributed by atoms with van der Waals surface area (Å²) in [5.74, 6) is -0.711. The maximum absolute atomic E-state index is 9.60. The summed E-state index contributed by atoms with van der Waals surface area (Å²) in [6.45, 7) is 3.04. The summed E-state index contributed by atoms with van der Waals surface area (Å²) in [7, 11) is 0. The molecule has 0 spiro atoms. The van der Waals surface area contributed by atoms with E-state index in [2.05, 4.69) is 0 Å². The van der Waals surface area contributed by atoms with Crippen LogP contribution in [0, 0.1) is 0 Å². The fourth-order valence-electron chi connectivity index (χ4n) is 0.214. The van der Waals surface area contributed by atoms with Gasteiger partial charge in [-0.1, -0.05) is 6.92 Å². The van der Waals surface area contributed by atoms with E-state index in [1.165, 1.54) is 0 Å². The molecule has 0 aromatic carbocycles. The standard InChI is InChI=1S/C4H8O2.C2H8N2/c1-2-3-4(5)6;3-1-2-4/h2-3H2,1H3,(H,5,6);1-4H2. The topological polar surface area (TPSA) is 89.3 Å². The molecule has 0 radical (unpaired) electrons. The van der Waals surface area contributed by atoms with Crippen molar-refractivity contribution >= 4 is 5.97 Å². The molecule has 0 saturated carbocycles. The number of carbonyl (C=O) groups is 1. The molecule has 0 fully saturated rings. The van der Waals surface area contributed by atoms with Crippen molar-refractivity contribution < 1.29 is 9.90 Å². The smallest absolute Gasteiger partial charge is 0.303 e. The molecule has 0 bridgehead atoms. The van der Waals surface area contributed by atoms with E-state index < -0.39 is 5.97 Å². The number of rotatable bonds is 3. The zero-order valence-electron chi connectivity index (χ0n) is 6.34. The number of carboxylic acids is 1. The molecule has 0 heterocycles. The van der Waals surface area contributed by atoms with Crippen LogP contribution in [0.25, 0.3) is 0 Å². The lowest BCUT2D eigenvalue weighted by molar-refractivity contribution is -0.137. The molecule has 0 saturated heterocycles. The number of nitrogens with two attached hydrogens (primary N) is 2. The van der Waals surface area contributed by atoms with Gasteiger partial charge in [0.05, 0.1) is 0 Å². The predicted octanol–water partition coefficient (Wildman–Crippen LogP) is -0.225. The van der Waals surface area contributed by atoms with E-state index in [-0.39, 0.29) is 0 Å². The Morgan fingerprint density at radius 2 is 1.80 bits per heavy atom. The summed E-state index contributed by atoms with van der Waals surface area (Å²) in [6.07, 6.45) is 1.02. The highest BCUT2D eigenvalue weighted by atomic mass is 16.4. The van der Waals surface area contributed by atoms with Crippen LogP contribution < -0.4 is 11.5 Å². The van der Waals surface area contributed by atoms with Crippen LogP contribution in [-0.4, -0.2) is 24.2 Å². The first-order valence-electron chi connectivity index (χ1n) is 3.30. The molecule has 0 rings (SSSR count). The summed E-state index contributed by atoms with van der Waals surface area (Å²) in [6, 6.07) is 0. The molecular formula is C6H16N2O2. The Kier molecular flexibility index (Phi) is 13.6. The van der Waals surface area contributed by atoms with Gasteiger partial charge in [-0.3, -0.25) is 4.79 Å². The van der Waals surface area contributed by atoms with E-state index in [1.54, 1.807) is 0 Å². The van der Waals surface area contributed by atoms with Crippen molar-refractivity contribution in [1.29, 1.82) is 0 Å². The first-order chi connectivity index (χ1) is 4.68. The molecule has 0 aliphatic rings. The molecule has 62 valence electrons. The molecule has 0 aliphatic carbocycles. The van der Waals surface area contributed by atoms with Crippen LogP contribution in [0.2, 0.25) is 0 Å². The number of aliphatic carboxylic acids is 1. The second kappa shape index (κ2) is 11.2. The molecule has 10 heavy (non-hydrogen) atoms. The molecule has 0 aromatic heterocycles. The minimum absolute atomic E-state index is 0.292. The third kappa shape index (κ3) is 26.3. The van der Waals surface area contributed by atoms with Crippen molar-refractivity contribution in [3.05, 3.63) is 0 Å². The lowest BCUT2D eigenvalue weighted by atomic mass is 10.4. The Balaban J connectivity index is 0.